The fourth-order valence-corrected chi connectivity index (χ4v) is 4.09. The van der Waals surface area contributed by atoms with E-state index in [1.54, 1.807) is 18.5 Å². The van der Waals surface area contributed by atoms with Gasteiger partial charge in [-0.05, 0) is 74.7 Å². The number of halogens is 1. The molecule has 0 saturated heterocycles. The zero-order valence-corrected chi connectivity index (χ0v) is 20.0. The minimum absolute atomic E-state index is 0.605. The highest BCUT2D eigenvalue weighted by atomic mass is 35.5. The van der Waals surface area contributed by atoms with Crippen LogP contribution in [0.15, 0.2) is 55.0 Å². The molecule has 7 heteroatoms. The topological polar surface area (TPSA) is 77.2 Å². The van der Waals surface area contributed by atoms with E-state index >= 15 is 0 Å². The van der Waals surface area contributed by atoms with Gasteiger partial charge in [0.05, 0.1) is 23.1 Å². The molecule has 0 amide bonds. The van der Waals surface area contributed by atoms with Gasteiger partial charge < -0.3 is 14.4 Å². The number of carboxylic acid groups (broad SMARTS) is 1. The van der Waals surface area contributed by atoms with Crippen LogP contribution in [0, 0.1) is 6.92 Å². The highest BCUT2D eigenvalue weighted by Crippen LogP contribution is 2.40. The molecule has 0 radical (unpaired) electrons. The van der Waals surface area contributed by atoms with E-state index in [4.69, 9.17) is 21.3 Å². The Bertz CT molecular complexity index is 1340. The molecule has 1 atom stereocenters. The number of fused-ring (bicyclic) bond motifs is 1. The standard InChI is InChI=1S/C26H26ClN3O3/c1-15-12-20-18(10-11-19(29-20)21-13-30(5)14-28-21)23(16-6-8-17(27)9-7-16)22(15)24(25(31)32)33-26(2,3)4/h6-14,24H,1-5H3,(H,31,32). The monoisotopic (exact) mass is 463 g/mol. The lowest BCUT2D eigenvalue weighted by atomic mass is 9.88. The number of aliphatic carboxylic acids is 1. The van der Waals surface area contributed by atoms with Crippen LogP contribution in [0.25, 0.3) is 33.4 Å². The molecule has 6 nitrogen and oxygen atoms in total. The highest BCUT2D eigenvalue weighted by Gasteiger charge is 2.31. The second-order valence-corrected chi connectivity index (χ2v) is 9.56. The second-order valence-electron chi connectivity index (χ2n) is 9.13. The summed E-state index contributed by atoms with van der Waals surface area (Å²) in [6, 6.07) is 13.2. The SMILES string of the molecule is Cc1cc2nc(-c3cn(C)cn3)ccc2c(-c2ccc(Cl)cc2)c1C(OC(C)(C)C)C(=O)O. The smallest absolute Gasteiger partial charge is 0.337 e. The van der Waals surface area contributed by atoms with Gasteiger partial charge in [0.1, 0.15) is 5.69 Å². The van der Waals surface area contributed by atoms with Gasteiger partial charge in [0.2, 0.25) is 0 Å². The van der Waals surface area contributed by atoms with Gasteiger partial charge in [0.25, 0.3) is 0 Å². The molecular weight excluding hydrogens is 438 g/mol. The Kier molecular flexibility index (Phi) is 5.99. The summed E-state index contributed by atoms with van der Waals surface area (Å²) in [6.45, 7) is 7.44. The summed E-state index contributed by atoms with van der Waals surface area (Å²) in [5.41, 5.74) is 4.64. The summed E-state index contributed by atoms with van der Waals surface area (Å²) in [5, 5.41) is 11.6. The Hall–Kier alpha value is -3.22. The van der Waals surface area contributed by atoms with Crippen LogP contribution in [0.5, 0.6) is 0 Å². The molecule has 170 valence electrons. The van der Waals surface area contributed by atoms with Crippen LogP contribution in [0.2, 0.25) is 5.02 Å². The number of hydrogen-bond acceptors (Lipinski definition) is 4. The first-order chi connectivity index (χ1) is 15.5. The van der Waals surface area contributed by atoms with Crippen molar-refractivity contribution in [2.45, 2.75) is 39.4 Å². The first-order valence-corrected chi connectivity index (χ1v) is 11.0. The predicted octanol–water partition coefficient (Wildman–Crippen LogP) is 6.20. The minimum atomic E-state index is -1.14. The summed E-state index contributed by atoms with van der Waals surface area (Å²) in [6.07, 6.45) is 2.50. The lowest BCUT2D eigenvalue weighted by molar-refractivity contribution is -0.160. The van der Waals surface area contributed by atoms with Crippen LogP contribution in [0.4, 0.5) is 0 Å². The van der Waals surface area contributed by atoms with Crippen LogP contribution in [0.3, 0.4) is 0 Å². The van der Waals surface area contributed by atoms with E-state index in [0.717, 1.165) is 39.0 Å². The molecule has 2 heterocycles. The van der Waals surface area contributed by atoms with Gasteiger partial charge in [0, 0.05) is 29.2 Å². The largest absolute Gasteiger partial charge is 0.479 e. The van der Waals surface area contributed by atoms with E-state index in [9.17, 15) is 9.90 Å². The summed E-state index contributed by atoms with van der Waals surface area (Å²) in [5.74, 6) is -1.04. The van der Waals surface area contributed by atoms with E-state index in [-0.39, 0.29) is 0 Å². The van der Waals surface area contributed by atoms with Crippen molar-refractivity contribution in [3.63, 3.8) is 0 Å². The molecule has 0 fully saturated rings. The maximum atomic E-state index is 12.4. The van der Waals surface area contributed by atoms with Crippen molar-refractivity contribution in [2.24, 2.45) is 7.05 Å². The Morgan fingerprint density at radius 2 is 1.82 bits per heavy atom. The Morgan fingerprint density at radius 3 is 2.39 bits per heavy atom. The molecular formula is C26H26ClN3O3. The third-order valence-electron chi connectivity index (χ3n) is 5.30. The Morgan fingerprint density at radius 1 is 1.12 bits per heavy atom. The molecule has 2 aromatic carbocycles. The number of hydrogen-bond donors (Lipinski definition) is 1. The maximum Gasteiger partial charge on any atom is 0.337 e. The molecule has 2 aromatic heterocycles. The van der Waals surface area contributed by atoms with Gasteiger partial charge >= 0.3 is 5.97 Å². The van der Waals surface area contributed by atoms with Crippen LogP contribution in [-0.2, 0) is 16.6 Å². The predicted molar refractivity (Wildman–Crippen MR) is 130 cm³/mol. The third-order valence-corrected chi connectivity index (χ3v) is 5.55. The van der Waals surface area contributed by atoms with E-state index in [1.807, 2.05) is 75.8 Å². The average molecular weight is 464 g/mol. The Labute approximate surface area is 197 Å². The van der Waals surface area contributed by atoms with Crippen molar-refractivity contribution in [2.75, 3.05) is 0 Å². The van der Waals surface area contributed by atoms with Crippen LogP contribution < -0.4 is 0 Å². The number of ether oxygens (including phenoxy) is 1. The van der Waals surface area contributed by atoms with Gasteiger partial charge in [-0.15, -0.1) is 0 Å². The summed E-state index contributed by atoms with van der Waals surface area (Å²) >= 11 is 6.14. The van der Waals surface area contributed by atoms with Crippen molar-refractivity contribution >= 4 is 28.5 Å². The summed E-state index contributed by atoms with van der Waals surface area (Å²) < 4.78 is 7.91. The number of benzene rings is 2. The van der Waals surface area contributed by atoms with Gasteiger partial charge in [-0.25, -0.2) is 14.8 Å². The third kappa shape index (κ3) is 4.77. The second kappa shape index (κ2) is 8.61. The number of carbonyl (C=O) groups is 1. The minimum Gasteiger partial charge on any atom is -0.479 e. The fourth-order valence-electron chi connectivity index (χ4n) is 3.96. The van der Waals surface area contributed by atoms with E-state index in [0.29, 0.717) is 10.6 Å². The number of rotatable bonds is 5. The summed E-state index contributed by atoms with van der Waals surface area (Å²) in [4.78, 5) is 21.6. The fraction of sp³-hybridized carbons (Fsp3) is 0.269. The molecule has 1 unspecified atom stereocenters. The van der Waals surface area contributed by atoms with Crippen LogP contribution >= 0.6 is 11.6 Å². The van der Waals surface area contributed by atoms with Gasteiger partial charge in [-0.1, -0.05) is 23.7 Å². The van der Waals surface area contributed by atoms with Crippen molar-refractivity contribution in [1.29, 1.82) is 0 Å². The van der Waals surface area contributed by atoms with Crippen molar-refractivity contribution < 1.29 is 14.6 Å². The lowest BCUT2D eigenvalue weighted by Gasteiger charge is -2.28. The van der Waals surface area contributed by atoms with Crippen molar-refractivity contribution in [3.05, 3.63) is 71.1 Å². The quantitative estimate of drug-likeness (QED) is 0.381. The van der Waals surface area contributed by atoms with Crippen LogP contribution in [0.1, 0.15) is 38.0 Å². The van der Waals surface area contributed by atoms with E-state index in [2.05, 4.69) is 4.98 Å². The Balaban J connectivity index is 2.02. The van der Waals surface area contributed by atoms with E-state index < -0.39 is 17.7 Å². The number of imidazole rings is 1. The van der Waals surface area contributed by atoms with Gasteiger partial charge in [0.15, 0.2) is 6.10 Å². The number of pyridine rings is 1. The molecule has 0 bridgehead atoms. The first kappa shape index (κ1) is 23.0. The molecule has 0 aliphatic carbocycles. The molecule has 4 rings (SSSR count). The van der Waals surface area contributed by atoms with Crippen molar-refractivity contribution in [3.8, 4) is 22.5 Å². The maximum absolute atomic E-state index is 12.4. The molecule has 33 heavy (non-hydrogen) atoms. The lowest BCUT2D eigenvalue weighted by Crippen LogP contribution is -2.28. The molecule has 4 aromatic rings. The number of carboxylic acids is 1. The zero-order valence-electron chi connectivity index (χ0n) is 19.3. The molecule has 0 saturated carbocycles. The molecule has 0 aliphatic heterocycles. The van der Waals surface area contributed by atoms with Crippen molar-refractivity contribution in [1.82, 2.24) is 14.5 Å². The number of aryl methyl sites for hydroxylation is 2. The van der Waals surface area contributed by atoms with E-state index in [1.165, 1.54) is 0 Å². The molecule has 0 aliphatic rings. The molecule has 1 N–H and O–H groups in total. The molecule has 0 spiro atoms. The van der Waals surface area contributed by atoms with Crippen LogP contribution in [-0.4, -0.2) is 31.2 Å². The zero-order chi connectivity index (χ0) is 23.9. The number of aromatic nitrogens is 3. The first-order valence-electron chi connectivity index (χ1n) is 10.6. The summed E-state index contributed by atoms with van der Waals surface area (Å²) in [7, 11) is 1.91. The normalized spacial score (nSPS) is 12.8. The van der Waals surface area contributed by atoms with Gasteiger partial charge in [-0.2, -0.15) is 0 Å². The number of nitrogens with zero attached hydrogens (tertiary/aromatic N) is 3. The van der Waals surface area contributed by atoms with Gasteiger partial charge in [-0.3, -0.25) is 0 Å². The highest BCUT2D eigenvalue weighted by molar-refractivity contribution is 6.30. The average Bonchev–Trinajstić information content (AvgIpc) is 3.17.